The van der Waals surface area contributed by atoms with Crippen LogP contribution in [0, 0.1) is 5.92 Å². The first-order valence-corrected chi connectivity index (χ1v) is 22.9. The molecule has 0 unspecified atom stereocenters. The number of likely N-dealkylation sites (tertiary alicyclic amines) is 1. The molecule has 2 N–H and O–H groups in total. The van der Waals surface area contributed by atoms with Crippen LogP contribution >= 0.6 is 0 Å². The van der Waals surface area contributed by atoms with Crippen LogP contribution in [0.25, 0.3) is 0 Å². The summed E-state index contributed by atoms with van der Waals surface area (Å²) < 4.78 is 50.2. The molecule has 4 aromatic carbocycles. The Morgan fingerprint density at radius 1 is 0.875 bits per heavy atom. The second-order valence-corrected chi connectivity index (χ2v) is 21.3. The SMILES string of the molecule is CC(C)C(C)(C)[Si](C)(C)Oc1ccc(C(=O)N[C@@H]2CN(C(=O)O)CCC[C@H]2OC(=O)c2ccc(S(=O)(=O)Oc3ccccc3OCc3ccccc3)cc2)cc1. The molecule has 0 bridgehead atoms. The van der Waals surface area contributed by atoms with Crippen molar-refractivity contribution >= 4 is 36.4 Å². The molecule has 298 valence electrons. The summed E-state index contributed by atoms with van der Waals surface area (Å²) in [5.74, 6) is 0.0920. The van der Waals surface area contributed by atoms with E-state index in [0.29, 0.717) is 23.7 Å². The number of para-hydroxylation sites is 2. The van der Waals surface area contributed by atoms with Crippen molar-refractivity contribution < 1.29 is 46.0 Å². The summed E-state index contributed by atoms with van der Waals surface area (Å²) in [6.45, 7) is 13.4. The number of hydrogen-bond donors (Lipinski definition) is 2. The number of nitrogens with zero attached hydrogens (tertiary/aromatic N) is 1. The predicted molar refractivity (Wildman–Crippen MR) is 214 cm³/mol. The van der Waals surface area contributed by atoms with Crippen molar-refractivity contribution in [1.82, 2.24) is 10.2 Å². The lowest BCUT2D eigenvalue weighted by Crippen LogP contribution is -2.51. The minimum Gasteiger partial charge on any atom is -0.543 e. The van der Waals surface area contributed by atoms with Gasteiger partial charge in [0.1, 0.15) is 23.4 Å². The molecule has 14 heteroatoms. The molecular weight excluding hydrogens is 753 g/mol. The molecule has 56 heavy (non-hydrogen) atoms. The average molecular weight is 803 g/mol. The third-order valence-electron chi connectivity index (χ3n) is 10.8. The number of hydrogen-bond acceptors (Lipinski definition) is 9. The van der Waals surface area contributed by atoms with Crippen LogP contribution in [-0.2, 0) is 21.5 Å². The Balaban J connectivity index is 1.25. The maximum atomic E-state index is 13.5. The Bertz CT molecular complexity index is 2090. The van der Waals surface area contributed by atoms with Gasteiger partial charge in [-0.3, -0.25) is 4.79 Å². The van der Waals surface area contributed by atoms with Gasteiger partial charge in [-0.15, -0.1) is 0 Å². The van der Waals surface area contributed by atoms with Gasteiger partial charge in [-0.25, -0.2) is 9.59 Å². The maximum Gasteiger partial charge on any atom is 0.407 e. The number of benzene rings is 4. The molecule has 0 aliphatic carbocycles. The monoisotopic (exact) mass is 802 g/mol. The summed E-state index contributed by atoms with van der Waals surface area (Å²) in [5.41, 5.74) is 1.29. The van der Waals surface area contributed by atoms with E-state index in [2.05, 4.69) is 46.1 Å². The molecule has 12 nitrogen and oxygen atoms in total. The Hall–Kier alpha value is -5.34. The lowest BCUT2D eigenvalue weighted by molar-refractivity contribution is 0.0179. The number of nitrogens with one attached hydrogen (secondary N) is 1. The largest absolute Gasteiger partial charge is 0.543 e. The highest BCUT2D eigenvalue weighted by molar-refractivity contribution is 7.87. The number of carboxylic acid groups (broad SMARTS) is 1. The lowest BCUT2D eigenvalue weighted by Gasteiger charge is -2.42. The number of ether oxygens (including phenoxy) is 2. The summed E-state index contributed by atoms with van der Waals surface area (Å²) in [6, 6.07) is 26.8. The van der Waals surface area contributed by atoms with E-state index in [9.17, 15) is 27.9 Å². The van der Waals surface area contributed by atoms with Crippen LogP contribution in [0.4, 0.5) is 4.79 Å². The molecule has 0 spiro atoms. The molecular formula is C42H50N2O10SSi. The van der Waals surface area contributed by atoms with Crippen LogP contribution < -0.4 is 18.7 Å². The van der Waals surface area contributed by atoms with E-state index in [1.807, 2.05) is 30.3 Å². The second kappa shape index (κ2) is 17.6. The van der Waals surface area contributed by atoms with Gasteiger partial charge in [0.15, 0.2) is 11.5 Å². The van der Waals surface area contributed by atoms with Crippen LogP contribution in [0.15, 0.2) is 108 Å². The lowest BCUT2D eigenvalue weighted by atomic mass is 9.99. The predicted octanol–water partition coefficient (Wildman–Crippen LogP) is 8.15. The Morgan fingerprint density at radius 2 is 1.48 bits per heavy atom. The molecule has 2 atom stereocenters. The third kappa shape index (κ3) is 10.3. The molecule has 2 amide bonds. The van der Waals surface area contributed by atoms with Gasteiger partial charge in [0.25, 0.3) is 14.2 Å². The van der Waals surface area contributed by atoms with E-state index >= 15 is 0 Å². The Morgan fingerprint density at radius 3 is 2.11 bits per heavy atom. The van der Waals surface area contributed by atoms with Gasteiger partial charge in [0, 0.05) is 18.7 Å². The number of esters is 1. The first kappa shape index (κ1) is 41.8. The molecule has 1 aliphatic rings. The summed E-state index contributed by atoms with van der Waals surface area (Å²) >= 11 is 0. The van der Waals surface area contributed by atoms with E-state index in [1.54, 1.807) is 42.5 Å². The number of rotatable bonds is 14. The van der Waals surface area contributed by atoms with Crippen LogP contribution in [0.3, 0.4) is 0 Å². The van der Waals surface area contributed by atoms with E-state index in [4.69, 9.17) is 18.1 Å². The van der Waals surface area contributed by atoms with Crippen molar-refractivity contribution in [3.05, 3.63) is 120 Å². The summed E-state index contributed by atoms with van der Waals surface area (Å²) in [7, 11) is -6.51. The zero-order valence-corrected chi connectivity index (χ0v) is 34.4. The standard InChI is InChI=1S/C42H50N2O10SSi/c1-29(2)42(3,4)56(5,6)54-33-22-18-31(19-23-33)39(45)43-35-27-44(41(47)48)26-12-17-36(35)52-40(46)32-20-24-34(25-21-32)55(49,50)53-38-16-11-10-15-37(38)51-28-30-13-8-7-9-14-30/h7-11,13-16,18-25,29,35-36H,12,17,26-28H2,1-6H3,(H,43,45)(H,47,48)/t35-,36-/m1/s1. The maximum absolute atomic E-state index is 13.5. The molecule has 4 aromatic rings. The molecule has 0 saturated carbocycles. The van der Waals surface area contributed by atoms with E-state index in [-0.39, 0.29) is 53.1 Å². The highest BCUT2D eigenvalue weighted by Gasteiger charge is 2.45. The van der Waals surface area contributed by atoms with E-state index in [1.165, 1.54) is 35.2 Å². The normalized spacial score (nSPS) is 16.4. The number of carbonyl (C=O) groups is 3. The molecule has 1 aliphatic heterocycles. The highest BCUT2D eigenvalue weighted by Crippen LogP contribution is 2.44. The number of carbonyl (C=O) groups excluding carboxylic acids is 2. The first-order valence-electron chi connectivity index (χ1n) is 18.6. The van der Waals surface area contributed by atoms with Gasteiger partial charge >= 0.3 is 22.2 Å². The summed E-state index contributed by atoms with van der Waals surface area (Å²) in [5, 5.41) is 12.7. The smallest absolute Gasteiger partial charge is 0.407 e. The van der Waals surface area contributed by atoms with Gasteiger partial charge in [0.05, 0.1) is 11.6 Å². The van der Waals surface area contributed by atoms with E-state index < -0.39 is 48.6 Å². The van der Waals surface area contributed by atoms with Gasteiger partial charge < -0.3 is 33.4 Å². The third-order valence-corrected chi connectivity index (χ3v) is 16.5. The van der Waals surface area contributed by atoms with Crippen LogP contribution in [0.1, 0.15) is 66.8 Å². The molecule has 1 saturated heterocycles. The van der Waals surface area contributed by atoms with Crippen LogP contribution in [-0.4, -0.2) is 69.9 Å². The van der Waals surface area contributed by atoms with Gasteiger partial charge in [-0.2, -0.15) is 8.42 Å². The molecule has 0 aromatic heterocycles. The minimum absolute atomic E-state index is 0.00402. The van der Waals surface area contributed by atoms with Crippen LogP contribution in [0.2, 0.25) is 18.1 Å². The fourth-order valence-electron chi connectivity index (χ4n) is 6.13. The van der Waals surface area contributed by atoms with E-state index in [0.717, 1.165) is 5.56 Å². The highest BCUT2D eigenvalue weighted by atomic mass is 32.2. The first-order chi connectivity index (χ1) is 26.5. The Kier molecular flexibility index (Phi) is 13.2. The van der Waals surface area contributed by atoms with Crippen molar-refractivity contribution in [2.24, 2.45) is 5.92 Å². The molecule has 5 rings (SSSR count). The van der Waals surface area contributed by atoms with Gasteiger partial charge in [-0.05, 0) is 103 Å². The summed E-state index contributed by atoms with van der Waals surface area (Å²) in [4.78, 5) is 39.9. The zero-order valence-electron chi connectivity index (χ0n) is 32.6. The minimum atomic E-state index is -4.33. The number of amides is 2. The topological polar surface area (TPSA) is 158 Å². The fraction of sp³-hybridized carbons (Fsp3) is 0.357. The molecule has 0 radical (unpaired) electrons. The zero-order chi connectivity index (χ0) is 40.7. The van der Waals surface area contributed by atoms with Crippen molar-refractivity contribution in [2.45, 2.75) is 82.3 Å². The van der Waals surface area contributed by atoms with Crippen molar-refractivity contribution in [3.63, 3.8) is 0 Å². The molecule has 1 heterocycles. The average Bonchev–Trinajstić information content (AvgIpc) is 3.36. The second-order valence-electron chi connectivity index (χ2n) is 15.2. The van der Waals surface area contributed by atoms with Crippen LogP contribution in [0.5, 0.6) is 17.2 Å². The van der Waals surface area contributed by atoms with Crippen molar-refractivity contribution in [3.8, 4) is 17.2 Å². The fourth-order valence-corrected chi connectivity index (χ4v) is 9.45. The van der Waals surface area contributed by atoms with Gasteiger partial charge in [0.2, 0.25) is 0 Å². The van der Waals surface area contributed by atoms with Gasteiger partial charge in [-0.1, -0.05) is 70.2 Å². The quantitative estimate of drug-likeness (QED) is 0.0724. The Labute approximate surface area is 330 Å². The molecule has 1 fully saturated rings. The van der Waals surface area contributed by atoms with Crippen molar-refractivity contribution in [2.75, 3.05) is 13.1 Å². The van der Waals surface area contributed by atoms with Crippen molar-refractivity contribution in [1.29, 1.82) is 0 Å². The summed E-state index contributed by atoms with van der Waals surface area (Å²) in [6.07, 6.45) is -1.36.